The summed E-state index contributed by atoms with van der Waals surface area (Å²) in [4.78, 5) is 37.9. The quantitative estimate of drug-likeness (QED) is 0.0344. The van der Waals surface area contributed by atoms with Crippen LogP contribution in [0.4, 0.5) is 0 Å². The summed E-state index contributed by atoms with van der Waals surface area (Å²) in [7, 11) is 0. The Balaban J connectivity index is 4.10. The van der Waals surface area contributed by atoms with Crippen LogP contribution in [0.25, 0.3) is 0 Å². The highest BCUT2D eigenvalue weighted by Gasteiger charge is 2.19. The Morgan fingerprint density at radius 3 is 0.645 bits per heavy atom. The first-order chi connectivity index (χ1) is 30.5. The number of ether oxygens (including phenoxy) is 3. The van der Waals surface area contributed by atoms with Crippen LogP contribution in [0.5, 0.6) is 0 Å². The molecule has 0 aromatic rings. The molecule has 0 aromatic carbocycles. The van der Waals surface area contributed by atoms with Gasteiger partial charge in [-0.15, -0.1) is 0 Å². The largest absolute Gasteiger partial charge is 0.462 e. The Morgan fingerprint density at radius 2 is 0.435 bits per heavy atom. The summed E-state index contributed by atoms with van der Waals surface area (Å²) in [6.07, 6.45) is 56.8. The summed E-state index contributed by atoms with van der Waals surface area (Å²) in [5, 5.41) is 0. The normalized spacial score (nSPS) is 11.9. The van der Waals surface area contributed by atoms with E-state index >= 15 is 0 Å². The second-order valence-electron chi connectivity index (χ2n) is 19.2. The van der Waals surface area contributed by atoms with Crippen LogP contribution in [0, 0.1) is 0 Å². The number of esters is 3. The summed E-state index contributed by atoms with van der Waals surface area (Å²) < 4.78 is 16.8. The Kier molecular flexibility index (Phi) is 50.7. The second-order valence-corrected chi connectivity index (χ2v) is 19.2. The molecule has 368 valence electrons. The van der Waals surface area contributed by atoms with Gasteiger partial charge in [0.1, 0.15) is 13.2 Å². The van der Waals surface area contributed by atoms with Crippen molar-refractivity contribution in [3.8, 4) is 0 Å². The topological polar surface area (TPSA) is 78.9 Å². The Morgan fingerprint density at radius 1 is 0.258 bits per heavy atom. The van der Waals surface area contributed by atoms with Crippen LogP contribution in [0.15, 0.2) is 0 Å². The molecule has 62 heavy (non-hydrogen) atoms. The van der Waals surface area contributed by atoms with Gasteiger partial charge in [0, 0.05) is 19.3 Å². The molecule has 0 radical (unpaired) electrons. The van der Waals surface area contributed by atoms with E-state index in [-0.39, 0.29) is 31.1 Å². The maximum atomic E-state index is 12.8. The zero-order valence-corrected chi connectivity index (χ0v) is 42.2. The first-order valence-corrected chi connectivity index (χ1v) is 28.0. The van der Waals surface area contributed by atoms with Crippen LogP contribution in [0.3, 0.4) is 0 Å². The minimum Gasteiger partial charge on any atom is -0.462 e. The summed E-state index contributed by atoms with van der Waals surface area (Å²) in [6, 6.07) is 0. The van der Waals surface area contributed by atoms with E-state index in [0.29, 0.717) is 19.3 Å². The molecule has 0 heterocycles. The van der Waals surface area contributed by atoms with Crippen molar-refractivity contribution >= 4 is 17.9 Å². The van der Waals surface area contributed by atoms with E-state index in [1.807, 2.05) is 0 Å². The lowest BCUT2D eigenvalue weighted by molar-refractivity contribution is -0.167. The fourth-order valence-corrected chi connectivity index (χ4v) is 8.62. The molecule has 0 saturated carbocycles. The van der Waals surface area contributed by atoms with E-state index in [1.54, 1.807) is 0 Å². The third kappa shape index (κ3) is 49.4. The minimum atomic E-state index is -0.759. The van der Waals surface area contributed by atoms with Crippen molar-refractivity contribution in [1.82, 2.24) is 0 Å². The van der Waals surface area contributed by atoms with E-state index in [9.17, 15) is 14.4 Å². The number of rotatable bonds is 52. The Hall–Kier alpha value is -1.59. The van der Waals surface area contributed by atoms with Crippen LogP contribution in [0.2, 0.25) is 0 Å². The predicted octanol–water partition coefficient (Wildman–Crippen LogP) is 18.4. The fraction of sp³-hybridized carbons (Fsp3) is 0.946. The molecule has 1 unspecified atom stereocenters. The number of hydrogen-bond donors (Lipinski definition) is 0. The van der Waals surface area contributed by atoms with Gasteiger partial charge in [-0.2, -0.15) is 0 Å². The molecule has 0 fully saturated rings. The molecular weight excluding hydrogens is 769 g/mol. The lowest BCUT2D eigenvalue weighted by Gasteiger charge is -2.18. The molecule has 0 spiro atoms. The molecule has 0 saturated heterocycles. The number of hydrogen-bond acceptors (Lipinski definition) is 6. The third-order valence-electron chi connectivity index (χ3n) is 12.9. The zero-order valence-electron chi connectivity index (χ0n) is 42.2. The molecule has 1 atom stereocenters. The lowest BCUT2D eigenvalue weighted by Crippen LogP contribution is -2.30. The molecule has 0 aliphatic carbocycles. The highest BCUT2D eigenvalue weighted by Crippen LogP contribution is 2.17. The Bertz CT molecular complexity index is 920. The van der Waals surface area contributed by atoms with Crippen molar-refractivity contribution in [2.45, 2.75) is 329 Å². The van der Waals surface area contributed by atoms with Crippen LogP contribution >= 0.6 is 0 Å². The van der Waals surface area contributed by atoms with Crippen LogP contribution < -0.4 is 0 Å². The van der Waals surface area contributed by atoms with Gasteiger partial charge in [0.05, 0.1) is 0 Å². The standard InChI is InChI=1S/C56H108O6/c1-4-7-10-13-16-19-21-23-24-25-26-27-28-29-30-31-32-34-35-37-40-43-46-49-55(58)61-52-53(51-60-54(57)48-45-42-39-18-15-12-9-6-3)62-56(59)50-47-44-41-38-36-33-22-20-17-14-11-8-5-2/h53H,4-52H2,1-3H3. The summed E-state index contributed by atoms with van der Waals surface area (Å²) in [5.41, 5.74) is 0. The van der Waals surface area contributed by atoms with Gasteiger partial charge in [-0.25, -0.2) is 0 Å². The second kappa shape index (κ2) is 52.0. The summed E-state index contributed by atoms with van der Waals surface area (Å²) in [5.74, 6) is -0.843. The molecule has 0 rings (SSSR count). The molecule has 0 amide bonds. The van der Waals surface area contributed by atoms with E-state index in [2.05, 4.69) is 20.8 Å². The van der Waals surface area contributed by atoms with Crippen LogP contribution in [-0.4, -0.2) is 37.2 Å². The van der Waals surface area contributed by atoms with Gasteiger partial charge in [0.25, 0.3) is 0 Å². The average molecular weight is 877 g/mol. The maximum Gasteiger partial charge on any atom is 0.306 e. The first-order valence-electron chi connectivity index (χ1n) is 28.0. The number of unbranched alkanes of at least 4 members (excludes halogenated alkanes) is 41. The van der Waals surface area contributed by atoms with Crippen LogP contribution in [-0.2, 0) is 28.6 Å². The van der Waals surface area contributed by atoms with Crippen molar-refractivity contribution in [2.75, 3.05) is 13.2 Å². The highest BCUT2D eigenvalue weighted by atomic mass is 16.6. The van der Waals surface area contributed by atoms with E-state index in [0.717, 1.165) is 57.8 Å². The van der Waals surface area contributed by atoms with Crippen LogP contribution in [0.1, 0.15) is 323 Å². The smallest absolute Gasteiger partial charge is 0.306 e. The minimum absolute atomic E-state index is 0.0619. The molecule has 0 N–H and O–H groups in total. The van der Waals surface area contributed by atoms with Crippen molar-refractivity contribution < 1.29 is 28.6 Å². The van der Waals surface area contributed by atoms with Crippen molar-refractivity contribution in [2.24, 2.45) is 0 Å². The fourth-order valence-electron chi connectivity index (χ4n) is 8.62. The van der Waals surface area contributed by atoms with Crippen molar-refractivity contribution in [3.05, 3.63) is 0 Å². The molecule has 0 aliphatic heterocycles. The average Bonchev–Trinajstić information content (AvgIpc) is 3.27. The van der Waals surface area contributed by atoms with Crippen molar-refractivity contribution in [1.29, 1.82) is 0 Å². The van der Waals surface area contributed by atoms with Gasteiger partial charge in [-0.05, 0) is 19.3 Å². The van der Waals surface area contributed by atoms with Gasteiger partial charge < -0.3 is 14.2 Å². The van der Waals surface area contributed by atoms with E-state index in [1.165, 1.54) is 225 Å². The van der Waals surface area contributed by atoms with Gasteiger partial charge in [0.15, 0.2) is 6.10 Å². The van der Waals surface area contributed by atoms with E-state index in [4.69, 9.17) is 14.2 Å². The molecule has 0 aliphatic rings. The summed E-state index contributed by atoms with van der Waals surface area (Å²) >= 11 is 0. The maximum absolute atomic E-state index is 12.8. The van der Waals surface area contributed by atoms with Gasteiger partial charge in [-0.3, -0.25) is 14.4 Å². The SMILES string of the molecule is CCCCCCCCCCCCCCCCCCCCCCCCCC(=O)OCC(COC(=O)CCCCCCCCCC)OC(=O)CCCCCCCCCCCCCCC. The molecule has 0 bridgehead atoms. The molecule has 6 heteroatoms. The van der Waals surface area contributed by atoms with Gasteiger partial charge in [0.2, 0.25) is 0 Å². The molecule has 6 nitrogen and oxygen atoms in total. The third-order valence-corrected chi connectivity index (χ3v) is 12.9. The van der Waals surface area contributed by atoms with E-state index < -0.39 is 6.10 Å². The van der Waals surface area contributed by atoms with Gasteiger partial charge in [-0.1, -0.05) is 284 Å². The number of carbonyl (C=O) groups excluding carboxylic acids is 3. The first kappa shape index (κ1) is 60.4. The Labute approximate surface area is 387 Å². The lowest BCUT2D eigenvalue weighted by atomic mass is 10.0. The molecular formula is C56H108O6. The highest BCUT2D eigenvalue weighted by molar-refractivity contribution is 5.71. The number of carbonyl (C=O) groups is 3. The zero-order chi connectivity index (χ0) is 45.1. The summed E-state index contributed by atoms with van der Waals surface area (Å²) in [6.45, 7) is 6.66. The molecule has 0 aromatic heterocycles. The van der Waals surface area contributed by atoms with Crippen molar-refractivity contribution in [3.63, 3.8) is 0 Å². The monoisotopic (exact) mass is 877 g/mol. The predicted molar refractivity (Wildman–Crippen MR) is 266 cm³/mol. The van der Waals surface area contributed by atoms with Gasteiger partial charge >= 0.3 is 17.9 Å².